The van der Waals surface area contributed by atoms with Crippen molar-refractivity contribution < 1.29 is 14.7 Å². The van der Waals surface area contributed by atoms with Crippen LogP contribution in [0.3, 0.4) is 0 Å². The molecule has 4 nitrogen and oxygen atoms in total. The van der Waals surface area contributed by atoms with E-state index in [0.717, 1.165) is 12.3 Å². The summed E-state index contributed by atoms with van der Waals surface area (Å²) >= 11 is 1.93. The molecule has 1 fully saturated rings. The van der Waals surface area contributed by atoms with E-state index >= 15 is 0 Å². The number of carboxylic acids is 1. The van der Waals surface area contributed by atoms with Gasteiger partial charge in [-0.25, -0.2) is 0 Å². The van der Waals surface area contributed by atoms with Crippen LogP contribution < -0.4 is 5.32 Å². The maximum Gasteiger partial charge on any atom is 0.303 e. The lowest BCUT2D eigenvalue weighted by Gasteiger charge is -2.22. The van der Waals surface area contributed by atoms with Crippen LogP contribution in [0.25, 0.3) is 0 Å². The summed E-state index contributed by atoms with van der Waals surface area (Å²) in [5, 5.41) is 11.6. The van der Waals surface area contributed by atoms with Crippen LogP contribution in [0, 0.1) is 11.3 Å². The maximum atomic E-state index is 11.7. The van der Waals surface area contributed by atoms with Crippen molar-refractivity contribution in [3.63, 3.8) is 0 Å². The van der Waals surface area contributed by atoms with Gasteiger partial charge < -0.3 is 10.4 Å². The first-order valence-electron chi connectivity index (χ1n) is 5.95. The van der Waals surface area contributed by atoms with Crippen molar-refractivity contribution in [1.29, 1.82) is 0 Å². The number of hydrogen-bond acceptors (Lipinski definition) is 3. The third-order valence-electron chi connectivity index (χ3n) is 2.88. The molecule has 2 N–H and O–H groups in total. The Kier molecular flexibility index (Phi) is 5.31. The Balaban J connectivity index is 2.25. The second kappa shape index (κ2) is 6.28. The summed E-state index contributed by atoms with van der Waals surface area (Å²) in [7, 11) is 0. The van der Waals surface area contributed by atoms with E-state index < -0.39 is 11.4 Å². The molecule has 1 atom stereocenters. The van der Waals surface area contributed by atoms with E-state index in [1.807, 2.05) is 25.6 Å². The molecular weight excluding hydrogens is 238 g/mol. The smallest absolute Gasteiger partial charge is 0.303 e. The van der Waals surface area contributed by atoms with E-state index in [1.165, 1.54) is 12.2 Å². The second-order valence-electron chi connectivity index (χ2n) is 5.45. The Morgan fingerprint density at radius 2 is 2.12 bits per heavy atom. The molecule has 1 amide bonds. The number of amides is 1. The Hall–Kier alpha value is -0.710. The fraction of sp³-hybridized carbons (Fsp3) is 0.833. The molecule has 98 valence electrons. The number of aliphatic carboxylic acids is 1. The van der Waals surface area contributed by atoms with E-state index in [-0.39, 0.29) is 18.7 Å². The number of thioether (sulfide) groups is 1. The molecule has 0 aromatic carbocycles. The molecule has 1 unspecified atom stereocenters. The molecule has 1 aliphatic heterocycles. The lowest BCUT2D eigenvalue weighted by molar-refractivity contribution is -0.139. The molecular formula is C12H21NO3S. The van der Waals surface area contributed by atoms with Crippen molar-refractivity contribution in [2.75, 3.05) is 18.1 Å². The molecule has 1 saturated heterocycles. The zero-order valence-electron chi connectivity index (χ0n) is 10.5. The predicted octanol–water partition coefficient (Wildman–Crippen LogP) is 1.75. The monoisotopic (exact) mass is 259 g/mol. The van der Waals surface area contributed by atoms with Crippen LogP contribution in [0.15, 0.2) is 0 Å². The van der Waals surface area contributed by atoms with Crippen LogP contribution in [-0.4, -0.2) is 35.0 Å². The van der Waals surface area contributed by atoms with Gasteiger partial charge in [0, 0.05) is 13.0 Å². The van der Waals surface area contributed by atoms with Gasteiger partial charge in [-0.05, 0) is 29.3 Å². The maximum absolute atomic E-state index is 11.7. The fourth-order valence-electron chi connectivity index (χ4n) is 1.97. The normalized spacial score (nSPS) is 20.2. The van der Waals surface area contributed by atoms with E-state index in [9.17, 15) is 9.59 Å². The van der Waals surface area contributed by atoms with Crippen LogP contribution in [0.2, 0.25) is 0 Å². The van der Waals surface area contributed by atoms with Crippen LogP contribution in [-0.2, 0) is 9.59 Å². The van der Waals surface area contributed by atoms with Crippen LogP contribution in [0.5, 0.6) is 0 Å². The van der Waals surface area contributed by atoms with E-state index in [0.29, 0.717) is 5.92 Å². The number of rotatable bonds is 6. The standard InChI is InChI=1S/C12H21NO3S/c1-12(2,6-11(15)16)5-10(14)13-7-9-3-4-17-8-9/h9H,3-8H2,1-2H3,(H,13,14)(H,15,16). The van der Waals surface area contributed by atoms with Gasteiger partial charge in [0.25, 0.3) is 0 Å². The summed E-state index contributed by atoms with van der Waals surface area (Å²) in [6, 6.07) is 0. The van der Waals surface area contributed by atoms with Crippen LogP contribution in [0.1, 0.15) is 33.1 Å². The molecule has 0 saturated carbocycles. The van der Waals surface area contributed by atoms with Gasteiger partial charge in [0.15, 0.2) is 0 Å². The number of hydrogen-bond donors (Lipinski definition) is 2. The zero-order chi connectivity index (χ0) is 12.9. The van der Waals surface area contributed by atoms with Crippen molar-refractivity contribution in [1.82, 2.24) is 5.32 Å². The van der Waals surface area contributed by atoms with Crippen molar-refractivity contribution in [3.8, 4) is 0 Å². The lowest BCUT2D eigenvalue weighted by Crippen LogP contribution is -2.33. The summed E-state index contributed by atoms with van der Waals surface area (Å²) in [5.41, 5.74) is -0.472. The summed E-state index contributed by atoms with van der Waals surface area (Å²) < 4.78 is 0. The lowest BCUT2D eigenvalue weighted by atomic mass is 9.85. The minimum absolute atomic E-state index is 0.0275. The molecule has 0 bridgehead atoms. The van der Waals surface area contributed by atoms with Crippen molar-refractivity contribution in [2.45, 2.75) is 33.1 Å². The van der Waals surface area contributed by atoms with Gasteiger partial charge in [-0.1, -0.05) is 13.8 Å². The molecule has 1 heterocycles. The number of carbonyl (C=O) groups is 2. The van der Waals surface area contributed by atoms with Crippen molar-refractivity contribution in [2.24, 2.45) is 11.3 Å². The summed E-state index contributed by atoms with van der Waals surface area (Å²) in [4.78, 5) is 22.3. The van der Waals surface area contributed by atoms with Gasteiger partial charge >= 0.3 is 5.97 Å². The Morgan fingerprint density at radius 1 is 1.41 bits per heavy atom. The predicted molar refractivity (Wildman–Crippen MR) is 69.1 cm³/mol. The molecule has 1 rings (SSSR count). The molecule has 5 heteroatoms. The second-order valence-corrected chi connectivity index (χ2v) is 6.60. The van der Waals surface area contributed by atoms with Gasteiger partial charge in [-0.15, -0.1) is 0 Å². The largest absolute Gasteiger partial charge is 0.481 e. The molecule has 0 aromatic rings. The molecule has 0 aliphatic carbocycles. The summed E-state index contributed by atoms with van der Waals surface area (Å²) in [6.45, 7) is 4.35. The highest BCUT2D eigenvalue weighted by Crippen LogP contribution is 2.25. The summed E-state index contributed by atoms with van der Waals surface area (Å²) in [6.07, 6.45) is 1.47. The third kappa shape index (κ3) is 5.96. The van der Waals surface area contributed by atoms with E-state index in [4.69, 9.17) is 5.11 Å². The van der Waals surface area contributed by atoms with Crippen molar-refractivity contribution >= 4 is 23.6 Å². The van der Waals surface area contributed by atoms with Gasteiger partial charge in [0.1, 0.15) is 0 Å². The highest BCUT2D eigenvalue weighted by Gasteiger charge is 2.25. The third-order valence-corrected chi connectivity index (χ3v) is 4.11. The first-order valence-corrected chi connectivity index (χ1v) is 7.11. The quantitative estimate of drug-likeness (QED) is 0.762. The molecule has 1 aliphatic rings. The van der Waals surface area contributed by atoms with E-state index in [1.54, 1.807) is 0 Å². The Bertz CT molecular complexity index is 285. The fourth-order valence-corrected chi connectivity index (χ4v) is 3.26. The molecule has 0 spiro atoms. The first kappa shape index (κ1) is 14.4. The Morgan fingerprint density at radius 3 is 2.65 bits per heavy atom. The van der Waals surface area contributed by atoms with Crippen molar-refractivity contribution in [3.05, 3.63) is 0 Å². The SMILES string of the molecule is CC(C)(CC(=O)O)CC(=O)NCC1CCSC1. The average Bonchev–Trinajstić information content (AvgIpc) is 2.63. The van der Waals surface area contributed by atoms with Crippen LogP contribution >= 0.6 is 11.8 Å². The average molecular weight is 259 g/mol. The Labute approximate surface area is 107 Å². The summed E-state index contributed by atoms with van der Waals surface area (Å²) in [5.74, 6) is 2.01. The number of carbonyl (C=O) groups excluding carboxylic acids is 1. The van der Waals surface area contributed by atoms with Gasteiger partial charge in [0.2, 0.25) is 5.91 Å². The van der Waals surface area contributed by atoms with Gasteiger partial charge in [-0.3, -0.25) is 9.59 Å². The first-order chi connectivity index (χ1) is 7.89. The minimum atomic E-state index is -0.852. The highest BCUT2D eigenvalue weighted by molar-refractivity contribution is 7.99. The van der Waals surface area contributed by atoms with Crippen LogP contribution in [0.4, 0.5) is 0 Å². The zero-order valence-corrected chi connectivity index (χ0v) is 11.3. The molecule has 17 heavy (non-hydrogen) atoms. The molecule has 0 radical (unpaired) electrons. The number of carboxylic acid groups (broad SMARTS) is 1. The molecule has 0 aromatic heterocycles. The minimum Gasteiger partial charge on any atom is -0.481 e. The van der Waals surface area contributed by atoms with Gasteiger partial charge in [0.05, 0.1) is 6.42 Å². The van der Waals surface area contributed by atoms with Gasteiger partial charge in [-0.2, -0.15) is 11.8 Å². The van der Waals surface area contributed by atoms with E-state index in [2.05, 4.69) is 5.32 Å². The topological polar surface area (TPSA) is 66.4 Å². The number of nitrogens with one attached hydrogen (secondary N) is 1. The highest BCUT2D eigenvalue weighted by atomic mass is 32.2.